The zero-order valence-corrected chi connectivity index (χ0v) is 22.8. The first kappa shape index (κ1) is 26.3. The van der Waals surface area contributed by atoms with Crippen LogP contribution in [0.25, 0.3) is 0 Å². The summed E-state index contributed by atoms with van der Waals surface area (Å²) in [6.07, 6.45) is 4.14. The fraction of sp³-hybridized carbons (Fsp3) is 0.406. The Morgan fingerprint density at radius 3 is 2.00 bits per heavy atom. The van der Waals surface area contributed by atoms with Crippen LogP contribution in [0.3, 0.4) is 0 Å². The van der Waals surface area contributed by atoms with Gasteiger partial charge in [-0.05, 0) is 71.8 Å². The van der Waals surface area contributed by atoms with Crippen molar-refractivity contribution in [3.8, 4) is 0 Å². The van der Waals surface area contributed by atoms with Crippen LogP contribution in [0.5, 0.6) is 0 Å². The van der Waals surface area contributed by atoms with Crippen molar-refractivity contribution in [3.05, 3.63) is 100 Å². The summed E-state index contributed by atoms with van der Waals surface area (Å²) in [7, 11) is 0. The van der Waals surface area contributed by atoms with Crippen LogP contribution in [0, 0.1) is 0 Å². The Kier molecular flexibility index (Phi) is 8.74. The van der Waals surface area contributed by atoms with Crippen molar-refractivity contribution in [2.75, 3.05) is 5.32 Å². The van der Waals surface area contributed by atoms with Gasteiger partial charge in [-0.2, -0.15) is 0 Å². The molecule has 36 heavy (non-hydrogen) atoms. The third kappa shape index (κ3) is 6.13. The van der Waals surface area contributed by atoms with E-state index in [-0.39, 0.29) is 12.1 Å². The van der Waals surface area contributed by atoms with Crippen molar-refractivity contribution in [3.63, 3.8) is 0 Å². The normalized spacial score (nSPS) is 17.9. The average Bonchev–Trinajstić information content (AvgIpc) is 2.88. The van der Waals surface area contributed by atoms with E-state index in [0.717, 1.165) is 36.9 Å². The third-order valence-corrected chi connectivity index (χ3v) is 7.94. The Labute approximate surface area is 221 Å². The lowest BCUT2D eigenvalue weighted by molar-refractivity contribution is 0.158. The van der Waals surface area contributed by atoms with Crippen LogP contribution < -0.4 is 5.32 Å². The highest BCUT2D eigenvalue weighted by atomic mass is 35.5. The van der Waals surface area contributed by atoms with Crippen molar-refractivity contribution in [1.29, 1.82) is 0 Å². The largest absolute Gasteiger partial charge is 0.322 e. The second-order valence-corrected chi connectivity index (χ2v) is 11.1. The number of urea groups is 1. The molecule has 1 aliphatic carbocycles. The van der Waals surface area contributed by atoms with Crippen molar-refractivity contribution < 1.29 is 4.79 Å². The summed E-state index contributed by atoms with van der Waals surface area (Å²) >= 11 is 6.55. The van der Waals surface area contributed by atoms with Gasteiger partial charge in [-0.25, -0.2) is 4.79 Å². The molecule has 1 fully saturated rings. The summed E-state index contributed by atoms with van der Waals surface area (Å²) < 4.78 is 0. The second kappa shape index (κ2) is 12.0. The Hall–Kier alpha value is -2.78. The molecule has 0 bridgehead atoms. The Balaban J connectivity index is 1.60. The SMILES string of the molecule is CC(C)c1cccc(C(C)C)c1NC(=O)N(Cc1ccccc1Cl)[C@H]1CC[C@H](c2ccccc2)CC1. The van der Waals surface area contributed by atoms with Gasteiger partial charge in [0.1, 0.15) is 0 Å². The Morgan fingerprint density at radius 2 is 1.42 bits per heavy atom. The quantitative estimate of drug-likeness (QED) is 0.343. The van der Waals surface area contributed by atoms with E-state index >= 15 is 0 Å². The molecule has 4 rings (SSSR count). The molecule has 0 radical (unpaired) electrons. The summed E-state index contributed by atoms with van der Waals surface area (Å²) in [6.45, 7) is 9.24. The molecule has 0 aliphatic heterocycles. The minimum absolute atomic E-state index is 0.0342. The number of benzene rings is 3. The van der Waals surface area contributed by atoms with Crippen molar-refractivity contribution >= 4 is 23.3 Å². The van der Waals surface area contributed by atoms with E-state index in [4.69, 9.17) is 11.6 Å². The highest BCUT2D eigenvalue weighted by Gasteiger charge is 2.31. The van der Waals surface area contributed by atoms with E-state index in [9.17, 15) is 4.79 Å². The van der Waals surface area contributed by atoms with Crippen molar-refractivity contribution in [1.82, 2.24) is 4.90 Å². The van der Waals surface area contributed by atoms with Crippen LogP contribution in [0.4, 0.5) is 10.5 Å². The molecule has 2 amide bonds. The maximum Gasteiger partial charge on any atom is 0.322 e. The number of nitrogens with zero attached hydrogens (tertiary/aromatic N) is 1. The molecule has 3 nitrogen and oxygen atoms in total. The predicted octanol–water partition coefficient (Wildman–Crippen LogP) is 9.35. The van der Waals surface area contributed by atoms with E-state index in [2.05, 4.69) is 81.5 Å². The minimum atomic E-state index is -0.0342. The van der Waals surface area contributed by atoms with E-state index in [0.29, 0.717) is 29.3 Å². The second-order valence-electron chi connectivity index (χ2n) is 10.7. The topological polar surface area (TPSA) is 32.3 Å². The number of hydrogen-bond acceptors (Lipinski definition) is 1. The maximum absolute atomic E-state index is 14.0. The van der Waals surface area contributed by atoms with Crippen LogP contribution in [0.1, 0.15) is 93.4 Å². The molecule has 3 aromatic rings. The van der Waals surface area contributed by atoms with E-state index < -0.39 is 0 Å². The molecule has 3 aromatic carbocycles. The van der Waals surface area contributed by atoms with Gasteiger partial charge in [0, 0.05) is 23.3 Å². The van der Waals surface area contributed by atoms with Gasteiger partial charge >= 0.3 is 6.03 Å². The van der Waals surface area contributed by atoms with Gasteiger partial charge in [-0.1, -0.05) is 106 Å². The molecule has 0 spiro atoms. The number of carbonyl (C=O) groups excluding carboxylic acids is 1. The summed E-state index contributed by atoms with van der Waals surface area (Å²) in [5.41, 5.74) is 5.72. The number of halogens is 1. The molecule has 0 unspecified atom stereocenters. The standard InChI is InChI=1S/C32H39ClN2O/c1-22(2)28-14-10-15-29(23(3)4)31(28)34-32(36)35(21-26-13-8-9-16-30(26)33)27-19-17-25(18-20-27)24-11-6-5-7-12-24/h5-16,22-23,25,27H,17-21H2,1-4H3,(H,34,36)/t25-,27-. The molecule has 0 aromatic heterocycles. The number of nitrogens with one attached hydrogen (secondary N) is 1. The smallest absolute Gasteiger partial charge is 0.317 e. The summed E-state index contributed by atoms with van der Waals surface area (Å²) in [6, 6.07) is 25.2. The van der Waals surface area contributed by atoms with E-state index in [1.165, 1.54) is 16.7 Å². The first-order valence-electron chi connectivity index (χ1n) is 13.3. The maximum atomic E-state index is 14.0. The predicted molar refractivity (Wildman–Crippen MR) is 152 cm³/mol. The number of para-hydroxylation sites is 1. The number of hydrogen-bond donors (Lipinski definition) is 1. The van der Waals surface area contributed by atoms with Crippen LogP contribution in [-0.2, 0) is 6.54 Å². The highest BCUT2D eigenvalue weighted by Crippen LogP contribution is 2.37. The molecule has 1 saturated carbocycles. The fourth-order valence-corrected chi connectivity index (χ4v) is 5.69. The van der Waals surface area contributed by atoms with E-state index in [1.54, 1.807) is 0 Å². The molecule has 0 saturated heterocycles. The molecule has 4 heteroatoms. The number of amides is 2. The minimum Gasteiger partial charge on any atom is -0.317 e. The molecular weight excluding hydrogens is 464 g/mol. The fourth-order valence-electron chi connectivity index (χ4n) is 5.50. The van der Waals surface area contributed by atoms with Gasteiger partial charge in [-0.15, -0.1) is 0 Å². The lowest BCUT2D eigenvalue weighted by Crippen LogP contribution is -2.44. The number of carbonyl (C=O) groups is 1. The first-order chi connectivity index (χ1) is 17.3. The zero-order valence-electron chi connectivity index (χ0n) is 22.0. The monoisotopic (exact) mass is 502 g/mol. The molecule has 1 N–H and O–H groups in total. The van der Waals surface area contributed by atoms with Gasteiger partial charge in [0.15, 0.2) is 0 Å². The number of rotatable bonds is 7. The van der Waals surface area contributed by atoms with Crippen LogP contribution >= 0.6 is 11.6 Å². The lowest BCUT2D eigenvalue weighted by atomic mass is 9.81. The Bertz CT molecular complexity index is 1120. The molecule has 0 heterocycles. The first-order valence-corrected chi connectivity index (χ1v) is 13.7. The zero-order chi connectivity index (χ0) is 25.7. The van der Waals surface area contributed by atoms with Crippen molar-refractivity contribution in [2.45, 2.75) is 83.7 Å². The van der Waals surface area contributed by atoms with Gasteiger partial charge < -0.3 is 10.2 Å². The average molecular weight is 503 g/mol. The van der Waals surface area contributed by atoms with Crippen molar-refractivity contribution in [2.24, 2.45) is 0 Å². The molecule has 1 aliphatic rings. The Morgan fingerprint density at radius 1 is 0.833 bits per heavy atom. The van der Waals surface area contributed by atoms with Gasteiger partial charge in [0.25, 0.3) is 0 Å². The summed E-state index contributed by atoms with van der Waals surface area (Å²) in [5, 5.41) is 4.07. The molecule has 190 valence electrons. The highest BCUT2D eigenvalue weighted by molar-refractivity contribution is 6.31. The van der Waals surface area contributed by atoms with Gasteiger partial charge in [0.2, 0.25) is 0 Å². The van der Waals surface area contributed by atoms with Gasteiger partial charge in [0.05, 0.1) is 0 Å². The van der Waals surface area contributed by atoms with Crippen LogP contribution in [0.2, 0.25) is 5.02 Å². The molecule has 0 atom stereocenters. The lowest BCUT2D eigenvalue weighted by Gasteiger charge is -2.38. The van der Waals surface area contributed by atoms with Crippen LogP contribution in [-0.4, -0.2) is 17.0 Å². The van der Waals surface area contributed by atoms with Gasteiger partial charge in [-0.3, -0.25) is 0 Å². The molecular formula is C32H39ClN2O. The number of anilines is 1. The third-order valence-electron chi connectivity index (χ3n) is 7.57. The summed E-state index contributed by atoms with van der Waals surface area (Å²) in [5.74, 6) is 1.19. The van der Waals surface area contributed by atoms with Crippen LogP contribution in [0.15, 0.2) is 72.8 Å². The summed E-state index contributed by atoms with van der Waals surface area (Å²) in [4.78, 5) is 16.0. The van der Waals surface area contributed by atoms with E-state index in [1.807, 2.05) is 29.2 Å².